The van der Waals surface area contributed by atoms with Crippen LogP contribution >= 0.6 is 0 Å². The Morgan fingerprint density at radius 1 is 0.800 bits per heavy atom. The van der Waals surface area contributed by atoms with Crippen molar-refractivity contribution in [2.24, 2.45) is 0 Å². The first-order chi connectivity index (χ1) is 16.8. The van der Waals surface area contributed by atoms with E-state index < -0.39 is 21.8 Å². The molecule has 0 bridgehead atoms. The molecule has 2 aliphatic rings. The van der Waals surface area contributed by atoms with E-state index in [1.54, 1.807) is 28.9 Å². The molecule has 0 spiro atoms. The Bertz CT molecular complexity index is 1200. The molecule has 35 heavy (non-hydrogen) atoms. The third-order valence-corrected chi connectivity index (χ3v) is 8.01. The number of aryl methyl sites for hydroxylation is 1. The predicted molar refractivity (Wildman–Crippen MR) is 130 cm³/mol. The van der Waals surface area contributed by atoms with Crippen LogP contribution < -0.4 is 4.72 Å². The van der Waals surface area contributed by atoms with Crippen molar-refractivity contribution in [3.8, 4) is 0 Å². The molecule has 2 heterocycles. The molecule has 2 fully saturated rings. The zero-order valence-electron chi connectivity index (χ0n) is 19.8. The molecule has 9 nitrogen and oxygen atoms in total. The van der Waals surface area contributed by atoms with Gasteiger partial charge in [0.1, 0.15) is 0 Å². The normalized spacial score (nSPS) is 16.4. The quantitative estimate of drug-likeness (QED) is 0.627. The molecule has 186 valence electrons. The number of carbonyl (C=O) groups excluding carboxylic acids is 3. The number of sulfonamides is 1. The van der Waals surface area contributed by atoms with E-state index in [4.69, 9.17) is 0 Å². The van der Waals surface area contributed by atoms with Crippen LogP contribution in [0.2, 0.25) is 0 Å². The summed E-state index contributed by atoms with van der Waals surface area (Å²) in [4.78, 5) is 42.8. The Kier molecular flexibility index (Phi) is 7.51. The van der Waals surface area contributed by atoms with Crippen LogP contribution in [0.25, 0.3) is 0 Å². The summed E-state index contributed by atoms with van der Waals surface area (Å²) in [5.74, 6) is -1.30. The van der Waals surface area contributed by atoms with Gasteiger partial charge in [0.25, 0.3) is 5.91 Å². The number of likely N-dealkylation sites (tertiary alicyclic amines) is 1. The highest BCUT2D eigenvalue weighted by molar-refractivity contribution is 7.89. The number of nitrogens with zero attached hydrogens (tertiary/aromatic N) is 3. The zero-order chi connectivity index (χ0) is 25.0. The van der Waals surface area contributed by atoms with E-state index >= 15 is 0 Å². The topological polar surface area (TPSA) is 107 Å². The third kappa shape index (κ3) is 5.71. The van der Waals surface area contributed by atoms with E-state index in [0.717, 1.165) is 18.4 Å². The molecule has 2 aromatic rings. The number of nitrogens with one attached hydrogen (secondary N) is 1. The van der Waals surface area contributed by atoms with E-state index in [9.17, 15) is 22.8 Å². The number of carbonyl (C=O) groups is 3. The second-order valence-electron chi connectivity index (χ2n) is 8.87. The van der Waals surface area contributed by atoms with E-state index in [1.807, 2.05) is 30.3 Å². The molecule has 2 aromatic carbocycles. The van der Waals surface area contributed by atoms with Gasteiger partial charge >= 0.3 is 11.8 Å². The monoisotopic (exact) mass is 498 g/mol. The molecule has 0 saturated carbocycles. The van der Waals surface area contributed by atoms with Crippen molar-refractivity contribution in [3.05, 3.63) is 65.2 Å². The molecule has 1 N–H and O–H groups in total. The molecule has 0 radical (unpaired) electrons. The maximum atomic E-state index is 13.1. The smallest absolute Gasteiger partial charge is 0.312 e. The van der Waals surface area contributed by atoms with Crippen molar-refractivity contribution in [1.82, 2.24) is 19.4 Å². The summed E-state index contributed by atoms with van der Waals surface area (Å²) in [5, 5.41) is 0. The van der Waals surface area contributed by atoms with Gasteiger partial charge in [0, 0.05) is 51.4 Å². The number of rotatable bonds is 5. The van der Waals surface area contributed by atoms with E-state index in [0.29, 0.717) is 18.7 Å². The largest absolute Gasteiger partial charge is 0.335 e. The van der Waals surface area contributed by atoms with Gasteiger partial charge in [-0.1, -0.05) is 36.4 Å². The van der Waals surface area contributed by atoms with Gasteiger partial charge in [-0.2, -0.15) is 0 Å². The minimum Gasteiger partial charge on any atom is -0.335 e. The number of hydrogen-bond acceptors (Lipinski definition) is 5. The Morgan fingerprint density at radius 2 is 1.37 bits per heavy atom. The second kappa shape index (κ2) is 10.6. The maximum Gasteiger partial charge on any atom is 0.312 e. The summed E-state index contributed by atoms with van der Waals surface area (Å²) >= 11 is 0. The van der Waals surface area contributed by atoms with E-state index in [2.05, 4.69) is 4.72 Å². The van der Waals surface area contributed by atoms with Gasteiger partial charge in [0.05, 0.1) is 4.90 Å². The highest BCUT2D eigenvalue weighted by Crippen LogP contribution is 2.20. The Balaban J connectivity index is 1.40. The molecule has 3 amide bonds. The van der Waals surface area contributed by atoms with E-state index in [-0.39, 0.29) is 49.1 Å². The fourth-order valence-electron chi connectivity index (χ4n) is 4.36. The average Bonchev–Trinajstić information content (AvgIpc) is 3.42. The van der Waals surface area contributed by atoms with Crippen LogP contribution in [0, 0.1) is 6.92 Å². The van der Waals surface area contributed by atoms with Crippen molar-refractivity contribution in [2.45, 2.75) is 31.2 Å². The first-order valence-electron chi connectivity index (χ1n) is 11.8. The molecular formula is C25H30N4O5S. The average molecular weight is 499 g/mol. The molecular weight excluding hydrogens is 468 g/mol. The fourth-order valence-corrected chi connectivity index (χ4v) is 5.65. The second-order valence-corrected chi connectivity index (χ2v) is 10.6. The minimum absolute atomic E-state index is 0.0595. The Morgan fingerprint density at radius 3 is 2.00 bits per heavy atom. The molecule has 0 aliphatic carbocycles. The van der Waals surface area contributed by atoms with Crippen LogP contribution in [0.3, 0.4) is 0 Å². The van der Waals surface area contributed by atoms with Crippen LogP contribution in [0.4, 0.5) is 0 Å². The van der Waals surface area contributed by atoms with Crippen LogP contribution in [0.1, 0.15) is 34.3 Å². The lowest BCUT2D eigenvalue weighted by Gasteiger charge is -2.35. The molecule has 0 aromatic heterocycles. The number of hydrogen-bond donors (Lipinski definition) is 1. The zero-order valence-corrected chi connectivity index (χ0v) is 20.6. The molecule has 2 aliphatic heterocycles. The van der Waals surface area contributed by atoms with Gasteiger partial charge in [0.2, 0.25) is 10.0 Å². The number of benzene rings is 2. The molecule has 10 heteroatoms. The number of amides is 3. The lowest BCUT2D eigenvalue weighted by Crippen LogP contribution is -2.54. The molecule has 2 saturated heterocycles. The highest BCUT2D eigenvalue weighted by atomic mass is 32.2. The Labute approximate surface area is 205 Å². The van der Waals surface area contributed by atoms with Gasteiger partial charge in [0.15, 0.2) is 0 Å². The summed E-state index contributed by atoms with van der Waals surface area (Å²) < 4.78 is 28.5. The lowest BCUT2D eigenvalue weighted by molar-refractivity contribution is -0.152. The maximum absolute atomic E-state index is 13.1. The van der Waals surface area contributed by atoms with Gasteiger partial charge in [-0.25, -0.2) is 13.1 Å². The van der Waals surface area contributed by atoms with Crippen molar-refractivity contribution < 1.29 is 22.8 Å². The van der Waals surface area contributed by atoms with Crippen LogP contribution in [-0.4, -0.2) is 80.1 Å². The van der Waals surface area contributed by atoms with Crippen molar-refractivity contribution in [3.63, 3.8) is 0 Å². The van der Waals surface area contributed by atoms with Gasteiger partial charge in [-0.15, -0.1) is 0 Å². The lowest BCUT2D eigenvalue weighted by atomic mass is 10.1. The van der Waals surface area contributed by atoms with Gasteiger partial charge < -0.3 is 14.7 Å². The van der Waals surface area contributed by atoms with Crippen molar-refractivity contribution in [1.29, 1.82) is 0 Å². The third-order valence-electron chi connectivity index (χ3n) is 6.46. The molecule has 0 atom stereocenters. The fraction of sp³-hybridized carbons (Fsp3) is 0.400. The summed E-state index contributed by atoms with van der Waals surface area (Å²) in [7, 11) is -3.83. The standard InChI is InChI=1S/C25H30N4O5S/c1-19-9-10-21(17-22(19)35(33,34)26-18-20-7-3-2-4-8-20)23(30)28-13-15-29(16-14-28)25(32)24(31)27-11-5-6-12-27/h2-4,7-10,17,26H,5-6,11-16,18H2,1H3. The van der Waals surface area contributed by atoms with Crippen molar-refractivity contribution in [2.75, 3.05) is 39.3 Å². The summed E-state index contributed by atoms with van der Waals surface area (Å²) in [5.41, 5.74) is 1.64. The van der Waals surface area contributed by atoms with Gasteiger partial charge in [-0.3, -0.25) is 14.4 Å². The minimum atomic E-state index is -3.83. The molecule has 0 unspecified atom stereocenters. The van der Waals surface area contributed by atoms with E-state index in [1.165, 1.54) is 11.0 Å². The van der Waals surface area contributed by atoms with Gasteiger partial charge in [-0.05, 0) is 43.0 Å². The first-order valence-corrected chi connectivity index (χ1v) is 13.3. The summed E-state index contributed by atoms with van der Waals surface area (Å²) in [6, 6.07) is 13.8. The van der Waals surface area contributed by atoms with Crippen LogP contribution in [0.15, 0.2) is 53.4 Å². The predicted octanol–water partition coefficient (Wildman–Crippen LogP) is 1.38. The SMILES string of the molecule is Cc1ccc(C(=O)N2CCN(C(=O)C(=O)N3CCCC3)CC2)cc1S(=O)(=O)NCc1ccccc1. The van der Waals surface area contributed by atoms with Crippen LogP contribution in [-0.2, 0) is 26.2 Å². The number of piperazine rings is 1. The van der Waals surface area contributed by atoms with Crippen LogP contribution in [0.5, 0.6) is 0 Å². The Hall–Kier alpha value is -3.24. The first kappa shape index (κ1) is 24.9. The molecule has 4 rings (SSSR count). The highest BCUT2D eigenvalue weighted by Gasteiger charge is 2.32. The summed E-state index contributed by atoms with van der Waals surface area (Å²) in [6.45, 7) is 4.14. The summed E-state index contributed by atoms with van der Waals surface area (Å²) in [6.07, 6.45) is 1.83. The van der Waals surface area contributed by atoms with Crippen molar-refractivity contribution >= 4 is 27.7 Å².